The molecule has 1 aliphatic rings. The maximum Gasteiger partial charge on any atom is 0.263 e. The number of ether oxygens (including phenoxy) is 1. The number of aromatic nitrogens is 2. The highest BCUT2D eigenvalue weighted by atomic mass is 16.5. The summed E-state index contributed by atoms with van der Waals surface area (Å²) in [5, 5.41) is 14.2. The van der Waals surface area contributed by atoms with Gasteiger partial charge in [-0.1, -0.05) is 0 Å². The fourth-order valence-corrected chi connectivity index (χ4v) is 1.38. The molecule has 1 amide bonds. The molecule has 2 heterocycles. The Balaban J connectivity index is 2.33. The molecule has 7 nitrogen and oxygen atoms in total. The van der Waals surface area contributed by atoms with Crippen LogP contribution < -0.4 is 15.4 Å². The average molecular weight is 224 g/mol. The van der Waals surface area contributed by atoms with Gasteiger partial charge in [-0.3, -0.25) is 4.79 Å². The monoisotopic (exact) mass is 224 g/mol. The Kier molecular flexibility index (Phi) is 2.86. The molecule has 0 aliphatic carbocycles. The fourth-order valence-electron chi connectivity index (χ4n) is 1.38. The van der Waals surface area contributed by atoms with Gasteiger partial charge in [0.1, 0.15) is 5.82 Å². The number of anilines is 2. The number of hydrogen-bond donors (Lipinski definition) is 3. The molecular formula is C9H12N4O3. The Hall–Kier alpha value is -1.89. The van der Waals surface area contributed by atoms with Crippen LogP contribution in [0.1, 0.15) is 5.82 Å². The number of rotatable bonds is 3. The number of amides is 1. The van der Waals surface area contributed by atoms with Gasteiger partial charge in [0.05, 0.1) is 6.61 Å². The van der Waals surface area contributed by atoms with Gasteiger partial charge in [0, 0.05) is 6.54 Å². The summed E-state index contributed by atoms with van der Waals surface area (Å²) in [5.74, 6) is 1.54. The molecule has 86 valence electrons. The van der Waals surface area contributed by atoms with Crippen LogP contribution in [0.15, 0.2) is 0 Å². The number of hydrogen-bond acceptors (Lipinski definition) is 6. The first-order chi connectivity index (χ1) is 7.70. The summed E-state index contributed by atoms with van der Waals surface area (Å²) in [6, 6.07) is 0. The average Bonchev–Trinajstić information content (AvgIpc) is 2.25. The number of carbonyl (C=O) groups is 1. The second-order valence-corrected chi connectivity index (χ2v) is 3.28. The maximum absolute atomic E-state index is 11.1. The highest BCUT2D eigenvalue weighted by Crippen LogP contribution is 2.32. The normalized spacial score (nSPS) is 13.8. The van der Waals surface area contributed by atoms with Crippen molar-refractivity contribution in [3.8, 4) is 5.75 Å². The minimum Gasteiger partial charge on any atom is -0.476 e. The summed E-state index contributed by atoms with van der Waals surface area (Å²) in [5.41, 5.74) is 0. The van der Waals surface area contributed by atoms with Crippen LogP contribution in [-0.2, 0) is 4.79 Å². The number of nitrogens with one attached hydrogen (secondary N) is 2. The van der Waals surface area contributed by atoms with Crippen LogP contribution in [0.25, 0.3) is 0 Å². The Bertz CT molecular complexity index is 421. The van der Waals surface area contributed by atoms with E-state index in [0.29, 0.717) is 29.8 Å². The number of aliphatic hydroxyl groups excluding tert-OH is 1. The van der Waals surface area contributed by atoms with Crippen LogP contribution >= 0.6 is 0 Å². The highest BCUT2D eigenvalue weighted by molar-refractivity contribution is 5.95. The van der Waals surface area contributed by atoms with E-state index in [1.54, 1.807) is 6.92 Å². The van der Waals surface area contributed by atoms with Crippen molar-refractivity contribution in [2.45, 2.75) is 6.92 Å². The molecule has 0 aromatic carbocycles. The van der Waals surface area contributed by atoms with E-state index in [2.05, 4.69) is 20.6 Å². The lowest BCUT2D eigenvalue weighted by Crippen LogP contribution is -2.27. The van der Waals surface area contributed by atoms with Crippen molar-refractivity contribution in [1.29, 1.82) is 0 Å². The molecule has 1 aliphatic heterocycles. The molecule has 1 aromatic rings. The summed E-state index contributed by atoms with van der Waals surface area (Å²) in [6.07, 6.45) is 0. The zero-order chi connectivity index (χ0) is 11.5. The number of aryl methyl sites for hydroxylation is 1. The summed E-state index contributed by atoms with van der Waals surface area (Å²) in [6.45, 7) is 2.02. The van der Waals surface area contributed by atoms with Crippen molar-refractivity contribution in [2.24, 2.45) is 0 Å². The van der Waals surface area contributed by atoms with Gasteiger partial charge in [-0.2, -0.15) is 0 Å². The SMILES string of the molecule is Cc1nc(NCCO)c2c(n1)NC(=O)CO2. The third-order valence-corrected chi connectivity index (χ3v) is 1.99. The number of carbonyl (C=O) groups excluding carboxylic acids is 1. The van der Waals surface area contributed by atoms with E-state index in [1.807, 2.05) is 0 Å². The topological polar surface area (TPSA) is 96.4 Å². The van der Waals surface area contributed by atoms with E-state index < -0.39 is 0 Å². The van der Waals surface area contributed by atoms with E-state index in [1.165, 1.54) is 0 Å². The van der Waals surface area contributed by atoms with Crippen molar-refractivity contribution in [3.63, 3.8) is 0 Å². The van der Waals surface area contributed by atoms with E-state index >= 15 is 0 Å². The predicted octanol–water partition coefficient (Wildman–Crippen LogP) is -0.480. The van der Waals surface area contributed by atoms with Crippen molar-refractivity contribution < 1.29 is 14.6 Å². The lowest BCUT2D eigenvalue weighted by molar-refractivity contribution is -0.118. The quantitative estimate of drug-likeness (QED) is 0.641. The van der Waals surface area contributed by atoms with Gasteiger partial charge >= 0.3 is 0 Å². The summed E-state index contributed by atoms with van der Waals surface area (Å²) in [4.78, 5) is 19.3. The molecule has 16 heavy (non-hydrogen) atoms. The van der Waals surface area contributed by atoms with Gasteiger partial charge in [-0.25, -0.2) is 9.97 Å². The highest BCUT2D eigenvalue weighted by Gasteiger charge is 2.22. The van der Waals surface area contributed by atoms with Gasteiger partial charge in [-0.15, -0.1) is 0 Å². The third kappa shape index (κ3) is 2.03. The Morgan fingerprint density at radius 3 is 3.12 bits per heavy atom. The first-order valence-electron chi connectivity index (χ1n) is 4.86. The fraction of sp³-hybridized carbons (Fsp3) is 0.444. The molecular weight excluding hydrogens is 212 g/mol. The standard InChI is InChI=1S/C9H12N4O3/c1-5-11-8(10-2-3-14)7-9(12-5)13-6(15)4-16-7/h14H,2-4H2,1H3,(H2,10,11,12,13,15). The third-order valence-electron chi connectivity index (χ3n) is 1.99. The molecule has 0 saturated heterocycles. The van der Waals surface area contributed by atoms with E-state index in [-0.39, 0.29) is 19.1 Å². The van der Waals surface area contributed by atoms with Gasteiger partial charge in [-0.05, 0) is 6.92 Å². The van der Waals surface area contributed by atoms with Crippen molar-refractivity contribution in [1.82, 2.24) is 9.97 Å². The zero-order valence-electron chi connectivity index (χ0n) is 8.78. The molecule has 0 spiro atoms. The maximum atomic E-state index is 11.1. The van der Waals surface area contributed by atoms with Gasteiger partial charge in [0.25, 0.3) is 5.91 Å². The molecule has 0 bridgehead atoms. The van der Waals surface area contributed by atoms with E-state index in [0.717, 1.165) is 0 Å². The van der Waals surface area contributed by atoms with Crippen molar-refractivity contribution in [3.05, 3.63) is 5.82 Å². The predicted molar refractivity (Wildman–Crippen MR) is 56.5 cm³/mol. The van der Waals surface area contributed by atoms with Crippen LogP contribution in [-0.4, -0.2) is 40.7 Å². The minimum absolute atomic E-state index is 0.00974. The molecule has 2 rings (SSSR count). The van der Waals surface area contributed by atoms with Crippen molar-refractivity contribution in [2.75, 3.05) is 30.4 Å². The number of fused-ring (bicyclic) bond motifs is 1. The summed E-state index contributed by atoms with van der Waals surface area (Å²) in [7, 11) is 0. The lowest BCUT2D eigenvalue weighted by atomic mass is 10.4. The molecule has 0 unspecified atom stereocenters. The van der Waals surface area contributed by atoms with Crippen LogP contribution in [0.3, 0.4) is 0 Å². The van der Waals surface area contributed by atoms with Crippen LogP contribution in [0, 0.1) is 6.92 Å². The smallest absolute Gasteiger partial charge is 0.263 e. The molecule has 0 saturated carbocycles. The lowest BCUT2D eigenvalue weighted by Gasteiger charge is -2.19. The second-order valence-electron chi connectivity index (χ2n) is 3.28. The number of aliphatic hydroxyl groups is 1. The van der Waals surface area contributed by atoms with Crippen molar-refractivity contribution >= 4 is 17.5 Å². The van der Waals surface area contributed by atoms with Gasteiger partial charge in [0.2, 0.25) is 5.75 Å². The van der Waals surface area contributed by atoms with Crippen LogP contribution in [0.2, 0.25) is 0 Å². The summed E-state index contributed by atoms with van der Waals surface area (Å²) < 4.78 is 5.24. The molecule has 3 N–H and O–H groups in total. The first kappa shape index (κ1) is 10.6. The molecule has 0 fully saturated rings. The molecule has 1 aromatic heterocycles. The van der Waals surface area contributed by atoms with E-state index in [9.17, 15) is 4.79 Å². The first-order valence-corrected chi connectivity index (χ1v) is 4.86. The number of nitrogens with zero attached hydrogens (tertiary/aromatic N) is 2. The van der Waals surface area contributed by atoms with Gasteiger partial charge in [0.15, 0.2) is 18.2 Å². The van der Waals surface area contributed by atoms with Gasteiger partial charge < -0.3 is 20.5 Å². The Labute approximate surface area is 91.9 Å². The largest absolute Gasteiger partial charge is 0.476 e. The summed E-state index contributed by atoms with van der Waals surface area (Å²) >= 11 is 0. The Morgan fingerprint density at radius 2 is 2.38 bits per heavy atom. The zero-order valence-corrected chi connectivity index (χ0v) is 8.78. The molecule has 0 atom stereocenters. The molecule has 0 radical (unpaired) electrons. The van der Waals surface area contributed by atoms with E-state index in [4.69, 9.17) is 9.84 Å². The van der Waals surface area contributed by atoms with Crippen LogP contribution in [0.5, 0.6) is 5.75 Å². The minimum atomic E-state index is -0.237. The molecule has 7 heteroatoms. The second kappa shape index (κ2) is 4.31. The Morgan fingerprint density at radius 1 is 1.56 bits per heavy atom. The van der Waals surface area contributed by atoms with Crippen LogP contribution in [0.4, 0.5) is 11.6 Å².